The van der Waals surface area contributed by atoms with Gasteiger partial charge in [-0.05, 0) is 31.4 Å². The van der Waals surface area contributed by atoms with E-state index in [2.05, 4.69) is 12.1 Å². The van der Waals surface area contributed by atoms with Gasteiger partial charge in [-0.25, -0.2) is 0 Å². The maximum Gasteiger partial charge on any atom is 0.121 e. The predicted octanol–water partition coefficient (Wildman–Crippen LogP) is 3.33. The molecule has 0 aliphatic heterocycles. The summed E-state index contributed by atoms with van der Waals surface area (Å²) in [5, 5.41) is 21.1. The van der Waals surface area contributed by atoms with Gasteiger partial charge in [0.1, 0.15) is 5.75 Å². The van der Waals surface area contributed by atoms with Crippen LogP contribution in [0.1, 0.15) is 30.9 Å². The van der Waals surface area contributed by atoms with Gasteiger partial charge in [0.2, 0.25) is 0 Å². The first-order chi connectivity index (χ1) is 9.08. The molecule has 0 radical (unpaired) electrons. The monoisotopic (exact) mass is 254 g/mol. The molecule has 0 amide bonds. The SMILES string of the molecule is CC(O)(c1ccccc1O)C1(c2ccccc2)CC1. The Morgan fingerprint density at radius 1 is 0.947 bits per heavy atom. The van der Waals surface area contributed by atoms with Crippen LogP contribution < -0.4 is 0 Å². The highest BCUT2D eigenvalue weighted by Gasteiger charge is 2.58. The first kappa shape index (κ1) is 12.2. The lowest BCUT2D eigenvalue weighted by Gasteiger charge is -2.34. The van der Waals surface area contributed by atoms with Crippen molar-refractivity contribution in [3.8, 4) is 5.75 Å². The van der Waals surface area contributed by atoms with Gasteiger partial charge in [0, 0.05) is 11.0 Å². The van der Waals surface area contributed by atoms with E-state index in [1.165, 1.54) is 0 Å². The molecule has 1 atom stereocenters. The fraction of sp³-hybridized carbons (Fsp3) is 0.294. The molecule has 2 nitrogen and oxygen atoms in total. The van der Waals surface area contributed by atoms with Crippen LogP contribution in [0.4, 0.5) is 0 Å². The van der Waals surface area contributed by atoms with E-state index in [4.69, 9.17) is 0 Å². The van der Waals surface area contributed by atoms with Crippen molar-refractivity contribution in [2.45, 2.75) is 30.8 Å². The van der Waals surface area contributed by atoms with E-state index in [0.717, 1.165) is 18.4 Å². The van der Waals surface area contributed by atoms with Crippen molar-refractivity contribution in [2.24, 2.45) is 0 Å². The van der Waals surface area contributed by atoms with Crippen molar-refractivity contribution < 1.29 is 10.2 Å². The molecule has 1 unspecified atom stereocenters. The van der Waals surface area contributed by atoms with Gasteiger partial charge in [-0.1, -0.05) is 48.5 Å². The predicted molar refractivity (Wildman–Crippen MR) is 75.0 cm³/mol. The average molecular weight is 254 g/mol. The van der Waals surface area contributed by atoms with Crippen LogP contribution in [-0.4, -0.2) is 10.2 Å². The Morgan fingerprint density at radius 3 is 2.11 bits per heavy atom. The number of aliphatic hydroxyl groups is 1. The molecule has 0 spiro atoms. The molecule has 0 saturated heterocycles. The van der Waals surface area contributed by atoms with E-state index in [0.29, 0.717) is 5.56 Å². The largest absolute Gasteiger partial charge is 0.508 e. The van der Waals surface area contributed by atoms with E-state index in [1.807, 2.05) is 31.2 Å². The summed E-state index contributed by atoms with van der Waals surface area (Å²) in [5.74, 6) is 0.162. The average Bonchev–Trinajstić information content (AvgIpc) is 3.22. The molecule has 2 aromatic rings. The number of hydrogen-bond acceptors (Lipinski definition) is 2. The third-order valence-electron chi connectivity index (χ3n) is 4.44. The van der Waals surface area contributed by atoms with E-state index in [9.17, 15) is 10.2 Å². The molecular weight excluding hydrogens is 236 g/mol. The molecule has 3 rings (SSSR count). The molecule has 0 bridgehead atoms. The summed E-state index contributed by atoms with van der Waals surface area (Å²) >= 11 is 0. The van der Waals surface area contributed by atoms with Gasteiger partial charge in [-0.3, -0.25) is 0 Å². The first-order valence-corrected chi connectivity index (χ1v) is 6.64. The molecule has 2 N–H and O–H groups in total. The second-order valence-corrected chi connectivity index (χ2v) is 5.54. The Kier molecular flexibility index (Phi) is 2.64. The van der Waals surface area contributed by atoms with Gasteiger partial charge in [0.05, 0.1) is 5.60 Å². The Morgan fingerprint density at radius 2 is 1.53 bits per heavy atom. The molecule has 0 heterocycles. The fourth-order valence-electron chi connectivity index (χ4n) is 3.08. The van der Waals surface area contributed by atoms with Crippen LogP contribution in [0.2, 0.25) is 0 Å². The lowest BCUT2D eigenvalue weighted by molar-refractivity contribution is 0.0123. The van der Waals surface area contributed by atoms with E-state index < -0.39 is 5.60 Å². The topological polar surface area (TPSA) is 40.5 Å². The van der Waals surface area contributed by atoms with E-state index in [-0.39, 0.29) is 11.2 Å². The Balaban J connectivity index is 2.09. The number of phenolic OH excluding ortho intramolecular Hbond substituents is 1. The van der Waals surface area contributed by atoms with Crippen LogP contribution in [0.5, 0.6) is 5.75 Å². The summed E-state index contributed by atoms with van der Waals surface area (Å²) in [6.45, 7) is 1.81. The summed E-state index contributed by atoms with van der Waals surface area (Å²) < 4.78 is 0. The maximum absolute atomic E-state index is 11.1. The molecule has 0 aromatic heterocycles. The maximum atomic E-state index is 11.1. The molecule has 2 aromatic carbocycles. The quantitative estimate of drug-likeness (QED) is 0.882. The second-order valence-electron chi connectivity index (χ2n) is 5.54. The van der Waals surface area contributed by atoms with Crippen molar-refractivity contribution in [3.63, 3.8) is 0 Å². The minimum Gasteiger partial charge on any atom is -0.508 e. The third-order valence-corrected chi connectivity index (χ3v) is 4.44. The number of rotatable bonds is 3. The number of phenols is 1. The zero-order chi connectivity index (χ0) is 13.5. The second kappa shape index (κ2) is 4.10. The zero-order valence-electron chi connectivity index (χ0n) is 11.0. The van der Waals surface area contributed by atoms with Crippen LogP contribution >= 0.6 is 0 Å². The summed E-state index contributed by atoms with van der Waals surface area (Å²) in [5.41, 5.74) is 0.423. The minimum absolute atomic E-state index is 0.162. The molecule has 1 aliphatic carbocycles. The zero-order valence-corrected chi connectivity index (χ0v) is 11.0. The number of para-hydroxylation sites is 1. The Hall–Kier alpha value is -1.80. The highest BCUT2D eigenvalue weighted by atomic mass is 16.3. The highest BCUT2D eigenvalue weighted by Crippen LogP contribution is 2.60. The molecule has 2 heteroatoms. The minimum atomic E-state index is -1.06. The van der Waals surface area contributed by atoms with Crippen LogP contribution in [-0.2, 0) is 11.0 Å². The van der Waals surface area contributed by atoms with Gasteiger partial charge >= 0.3 is 0 Å². The first-order valence-electron chi connectivity index (χ1n) is 6.64. The lowest BCUT2D eigenvalue weighted by Crippen LogP contribution is -2.36. The Labute approximate surface area is 113 Å². The normalized spacial score (nSPS) is 19.7. The van der Waals surface area contributed by atoms with Gasteiger partial charge < -0.3 is 10.2 Å². The van der Waals surface area contributed by atoms with Crippen molar-refractivity contribution in [2.75, 3.05) is 0 Å². The van der Waals surface area contributed by atoms with Gasteiger partial charge in [0.15, 0.2) is 0 Å². The van der Waals surface area contributed by atoms with Crippen LogP contribution in [0.15, 0.2) is 54.6 Å². The summed E-state index contributed by atoms with van der Waals surface area (Å²) in [6.07, 6.45) is 1.89. The molecule has 19 heavy (non-hydrogen) atoms. The fourth-order valence-corrected chi connectivity index (χ4v) is 3.08. The van der Waals surface area contributed by atoms with Gasteiger partial charge in [-0.2, -0.15) is 0 Å². The Bertz CT molecular complexity index is 583. The van der Waals surface area contributed by atoms with E-state index >= 15 is 0 Å². The van der Waals surface area contributed by atoms with Gasteiger partial charge in [-0.15, -0.1) is 0 Å². The van der Waals surface area contributed by atoms with Crippen molar-refractivity contribution in [3.05, 3.63) is 65.7 Å². The number of aromatic hydroxyl groups is 1. The summed E-state index contributed by atoms with van der Waals surface area (Å²) in [7, 11) is 0. The molecule has 98 valence electrons. The van der Waals surface area contributed by atoms with Crippen molar-refractivity contribution in [1.29, 1.82) is 0 Å². The molecular formula is C17H18O2. The van der Waals surface area contributed by atoms with Gasteiger partial charge in [0.25, 0.3) is 0 Å². The highest BCUT2D eigenvalue weighted by molar-refractivity contribution is 5.45. The number of benzene rings is 2. The van der Waals surface area contributed by atoms with Crippen LogP contribution in [0.25, 0.3) is 0 Å². The standard InChI is InChI=1S/C17H18O2/c1-16(19,14-9-5-6-10-15(14)18)17(11-12-17)13-7-3-2-4-8-13/h2-10,18-19H,11-12H2,1H3. The van der Waals surface area contributed by atoms with E-state index in [1.54, 1.807) is 18.2 Å². The lowest BCUT2D eigenvalue weighted by atomic mass is 9.75. The molecule has 1 saturated carbocycles. The van der Waals surface area contributed by atoms with Crippen molar-refractivity contribution >= 4 is 0 Å². The van der Waals surface area contributed by atoms with Crippen LogP contribution in [0, 0.1) is 0 Å². The molecule has 1 aliphatic rings. The van der Waals surface area contributed by atoms with Crippen LogP contribution in [0.3, 0.4) is 0 Å². The smallest absolute Gasteiger partial charge is 0.121 e. The third kappa shape index (κ3) is 1.75. The molecule has 1 fully saturated rings. The number of hydrogen-bond donors (Lipinski definition) is 2. The summed E-state index contributed by atoms with van der Waals surface area (Å²) in [6, 6.07) is 17.1. The van der Waals surface area contributed by atoms with Crippen molar-refractivity contribution in [1.82, 2.24) is 0 Å². The summed E-state index contributed by atoms with van der Waals surface area (Å²) in [4.78, 5) is 0.